The number of nitrogens with two attached hydrogens (primary N) is 1. The molecule has 3 heterocycles. The molecule has 2 fully saturated rings. The maximum atomic E-state index is 12.3. The van der Waals surface area contributed by atoms with Gasteiger partial charge in [-0.15, -0.1) is 0 Å². The molecule has 0 bridgehead atoms. The van der Waals surface area contributed by atoms with Crippen LogP contribution < -0.4 is 20.7 Å². The number of nitrogen functional groups attached to an aromatic ring is 1. The maximum Gasteiger partial charge on any atom is 0.244 e. The lowest BCUT2D eigenvalue weighted by Gasteiger charge is -2.32. The third-order valence-corrected chi connectivity index (χ3v) is 6.60. The molecule has 0 radical (unpaired) electrons. The van der Waals surface area contributed by atoms with Crippen LogP contribution in [0.25, 0.3) is 0 Å². The Balaban J connectivity index is 1.35. The maximum absolute atomic E-state index is 12.3. The van der Waals surface area contributed by atoms with Crippen molar-refractivity contribution in [2.45, 2.75) is 45.2 Å². The minimum Gasteiger partial charge on any atom is -0.477 e. The SMILES string of the molecule is Nc1nc(OCC2CCC2)cc2c1NC(=O)CN2Cc1cccc(CN2CCCC2)c1. The summed E-state index contributed by atoms with van der Waals surface area (Å²) in [4.78, 5) is 21.3. The molecule has 164 valence electrons. The molecule has 1 aliphatic carbocycles. The number of ether oxygens (including phenoxy) is 1. The van der Waals surface area contributed by atoms with E-state index in [1.54, 1.807) is 0 Å². The van der Waals surface area contributed by atoms with E-state index in [0.29, 0.717) is 36.5 Å². The van der Waals surface area contributed by atoms with E-state index in [2.05, 4.69) is 44.4 Å². The van der Waals surface area contributed by atoms with Gasteiger partial charge in [-0.1, -0.05) is 30.7 Å². The Morgan fingerprint density at radius 1 is 1.10 bits per heavy atom. The molecule has 1 saturated carbocycles. The van der Waals surface area contributed by atoms with Crippen LogP contribution in [0, 0.1) is 5.92 Å². The summed E-state index contributed by atoms with van der Waals surface area (Å²) in [7, 11) is 0. The van der Waals surface area contributed by atoms with Crippen LogP contribution in [-0.4, -0.2) is 42.0 Å². The average Bonchev–Trinajstić information content (AvgIpc) is 3.21. The molecule has 5 rings (SSSR count). The van der Waals surface area contributed by atoms with Crippen LogP contribution in [0.5, 0.6) is 5.88 Å². The first kappa shape index (κ1) is 20.1. The van der Waals surface area contributed by atoms with Crippen molar-refractivity contribution in [3.63, 3.8) is 0 Å². The molecule has 7 nitrogen and oxygen atoms in total. The number of hydrogen-bond acceptors (Lipinski definition) is 6. The molecule has 1 amide bonds. The van der Waals surface area contributed by atoms with E-state index in [4.69, 9.17) is 10.5 Å². The summed E-state index contributed by atoms with van der Waals surface area (Å²) < 4.78 is 5.94. The predicted octanol–water partition coefficient (Wildman–Crippen LogP) is 3.40. The van der Waals surface area contributed by atoms with Gasteiger partial charge in [0, 0.05) is 19.2 Å². The lowest BCUT2D eigenvalue weighted by molar-refractivity contribution is -0.115. The van der Waals surface area contributed by atoms with E-state index in [-0.39, 0.29) is 12.5 Å². The second-order valence-corrected chi connectivity index (χ2v) is 9.06. The predicted molar refractivity (Wildman–Crippen MR) is 122 cm³/mol. The zero-order valence-corrected chi connectivity index (χ0v) is 18.0. The Kier molecular flexibility index (Phi) is 5.68. The van der Waals surface area contributed by atoms with Gasteiger partial charge in [0.05, 0.1) is 18.8 Å². The molecule has 2 aromatic rings. The molecule has 2 aliphatic heterocycles. The second-order valence-electron chi connectivity index (χ2n) is 9.06. The molecule has 0 atom stereocenters. The number of nitrogens with zero attached hydrogens (tertiary/aromatic N) is 3. The van der Waals surface area contributed by atoms with Crippen molar-refractivity contribution in [1.29, 1.82) is 0 Å². The summed E-state index contributed by atoms with van der Waals surface area (Å²) in [5.41, 5.74) is 10.2. The molecule has 0 spiro atoms. The number of hydrogen-bond donors (Lipinski definition) is 2. The summed E-state index contributed by atoms with van der Waals surface area (Å²) in [5.74, 6) is 1.39. The quantitative estimate of drug-likeness (QED) is 0.713. The van der Waals surface area contributed by atoms with E-state index in [9.17, 15) is 4.79 Å². The van der Waals surface area contributed by atoms with Gasteiger partial charge in [0.25, 0.3) is 0 Å². The zero-order chi connectivity index (χ0) is 21.2. The van der Waals surface area contributed by atoms with Crippen molar-refractivity contribution in [2.24, 2.45) is 5.92 Å². The third-order valence-electron chi connectivity index (χ3n) is 6.60. The van der Waals surface area contributed by atoms with Crippen molar-refractivity contribution < 1.29 is 9.53 Å². The van der Waals surface area contributed by atoms with Gasteiger partial charge in [-0.25, -0.2) is 0 Å². The monoisotopic (exact) mass is 421 g/mol. The summed E-state index contributed by atoms with van der Waals surface area (Å²) >= 11 is 0. The molecule has 1 saturated heterocycles. The first-order valence-corrected chi connectivity index (χ1v) is 11.4. The number of amides is 1. The topological polar surface area (TPSA) is 83.7 Å². The van der Waals surface area contributed by atoms with Crippen LogP contribution in [-0.2, 0) is 17.9 Å². The van der Waals surface area contributed by atoms with Gasteiger partial charge in [0.2, 0.25) is 11.8 Å². The minimum atomic E-state index is -0.0719. The normalized spacial score (nSPS) is 19.1. The smallest absolute Gasteiger partial charge is 0.244 e. The van der Waals surface area contributed by atoms with Crippen molar-refractivity contribution in [1.82, 2.24) is 9.88 Å². The van der Waals surface area contributed by atoms with Crippen LogP contribution in [0.15, 0.2) is 30.3 Å². The van der Waals surface area contributed by atoms with E-state index < -0.39 is 0 Å². The van der Waals surface area contributed by atoms with Crippen molar-refractivity contribution in [3.8, 4) is 5.88 Å². The Hall–Kier alpha value is -2.80. The number of nitrogens with one attached hydrogen (secondary N) is 1. The van der Waals surface area contributed by atoms with Crippen molar-refractivity contribution in [3.05, 3.63) is 41.5 Å². The fraction of sp³-hybridized carbons (Fsp3) is 0.500. The highest BCUT2D eigenvalue weighted by Crippen LogP contribution is 2.37. The third kappa shape index (κ3) is 4.61. The lowest BCUT2D eigenvalue weighted by atomic mass is 9.86. The molecule has 0 unspecified atom stereocenters. The Labute approximate surface area is 183 Å². The van der Waals surface area contributed by atoms with Crippen LogP contribution in [0.4, 0.5) is 17.2 Å². The average molecular weight is 422 g/mol. The molecule has 3 N–H and O–H groups in total. The standard InChI is InChI=1S/C24H31N5O2/c25-24-23-20(12-22(27-24)31-16-17-5-3-6-17)29(15-21(30)26-23)14-19-8-4-7-18(11-19)13-28-9-1-2-10-28/h4,7-8,11-12,17H,1-3,5-6,9-10,13-16H2,(H2,25,27)(H,26,30). The highest BCUT2D eigenvalue weighted by Gasteiger charge is 2.26. The van der Waals surface area contributed by atoms with Gasteiger partial charge < -0.3 is 20.7 Å². The number of carbonyl (C=O) groups excluding carboxylic acids is 1. The number of anilines is 3. The van der Waals surface area contributed by atoms with Crippen molar-refractivity contribution >= 4 is 23.1 Å². The molecule has 31 heavy (non-hydrogen) atoms. The summed E-state index contributed by atoms with van der Waals surface area (Å²) in [5, 5.41) is 2.89. The zero-order valence-electron chi connectivity index (χ0n) is 18.0. The highest BCUT2D eigenvalue weighted by molar-refractivity contribution is 6.04. The van der Waals surface area contributed by atoms with Gasteiger partial charge >= 0.3 is 0 Å². The molecular formula is C24H31N5O2. The number of carbonyl (C=O) groups is 1. The van der Waals surface area contributed by atoms with Gasteiger partial charge in [-0.2, -0.15) is 4.98 Å². The first-order chi connectivity index (χ1) is 15.1. The van der Waals surface area contributed by atoms with Crippen LogP contribution in [0.3, 0.4) is 0 Å². The highest BCUT2D eigenvalue weighted by atomic mass is 16.5. The fourth-order valence-electron chi connectivity index (χ4n) is 4.67. The summed E-state index contributed by atoms with van der Waals surface area (Å²) in [6, 6.07) is 10.6. The van der Waals surface area contributed by atoms with E-state index in [1.165, 1.54) is 56.3 Å². The van der Waals surface area contributed by atoms with Gasteiger partial charge in [0.15, 0.2) is 5.82 Å². The minimum absolute atomic E-state index is 0.0719. The van der Waals surface area contributed by atoms with Gasteiger partial charge in [-0.05, 0) is 55.8 Å². The lowest BCUT2D eigenvalue weighted by Crippen LogP contribution is -2.38. The van der Waals surface area contributed by atoms with Crippen LogP contribution >= 0.6 is 0 Å². The first-order valence-electron chi connectivity index (χ1n) is 11.4. The van der Waals surface area contributed by atoms with Gasteiger partial charge in [0.1, 0.15) is 5.69 Å². The number of fused-ring (bicyclic) bond motifs is 1. The summed E-state index contributed by atoms with van der Waals surface area (Å²) in [6.45, 7) is 4.95. The fourth-order valence-corrected chi connectivity index (χ4v) is 4.67. The van der Waals surface area contributed by atoms with Crippen molar-refractivity contribution in [2.75, 3.05) is 42.2 Å². The summed E-state index contributed by atoms with van der Waals surface area (Å²) in [6.07, 6.45) is 6.30. The second kappa shape index (κ2) is 8.75. The van der Waals surface area contributed by atoms with E-state index >= 15 is 0 Å². The number of benzene rings is 1. The Morgan fingerprint density at radius 2 is 1.87 bits per heavy atom. The molecule has 1 aromatic heterocycles. The van der Waals surface area contributed by atoms with Crippen LogP contribution in [0.1, 0.15) is 43.2 Å². The van der Waals surface area contributed by atoms with Crippen LogP contribution in [0.2, 0.25) is 0 Å². The molecule has 7 heteroatoms. The van der Waals surface area contributed by atoms with E-state index in [0.717, 1.165) is 12.2 Å². The molecular weight excluding hydrogens is 390 g/mol. The molecule has 1 aromatic carbocycles. The number of pyridine rings is 1. The van der Waals surface area contributed by atoms with Gasteiger partial charge in [-0.3, -0.25) is 9.69 Å². The van der Waals surface area contributed by atoms with E-state index in [1.807, 2.05) is 6.07 Å². The number of likely N-dealkylation sites (tertiary alicyclic amines) is 1. The number of aromatic nitrogens is 1. The molecule has 3 aliphatic rings. The number of rotatable bonds is 7. The Morgan fingerprint density at radius 3 is 2.61 bits per heavy atom. The largest absolute Gasteiger partial charge is 0.477 e. The Bertz CT molecular complexity index is 953.